The molecule has 0 bridgehead atoms. The molecule has 0 aliphatic carbocycles. The van der Waals surface area contributed by atoms with Crippen molar-refractivity contribution in [3.05, 3.63) is 35.9 Å². The van der Waals surface area contributed by atoms with Gasteiger partial charge >= 0.3 is 0 Å². The van der Waals surface area contributed by atoms with E-state index in [0.717, 1.165) is 5.75 Å². The van der Waals surface area contributed by atoms with Crippen LogP contribution in [0.1, 0.15) is 5.56 Å². The summed E-state index contributed by atoms with van der Waals surface area (Å²) in [4.78, 5) is 2.20. The van der Waals surface area contributed by atoms with Crippen molar-refractivity contribution in [1.29, 1.82) is 0 Å². The molecule has 1 unspecified atom stereocenters. The minimum absolute atomic E-state index is 0.289. The summed E-state index contributed by atoms with van der Waals surface area (Å²) in [6.45, 7) is 6.86. The third kappa shape index (κ3) is 6.30. The van der Waals surface area contributed by atoms with E-state index in [1.54, 1.807) is 0 Å². The molecule has 3 heteroatoms. The summed E-state index contributed by atoms with van der Waals surface area (Å²) in [5.74, 6) is 4.45. The first-order valence-electron chi connectivity index (χ1n) is 6.23. The molecule has 0 heterocycles. The Labute approximate surface area is 117 Å². The van der Waals surface area contributed by atoms with Crippen molar-refractivity contribution in [3.63, 3.8) is 0 Å². The zero-order valence-corrected chi connectivity index (χ0v) is 13.8. The normalized spacial score (nSPS) is 13.0. The second kappa shape index (κ2) is 7.03. The van der Waals surface area contributed by atoms with Gasteiger partial charge in [0.05, 0.1) is 0 Å². The first kappa shape index (κ1) is 15.4. The molecule has 1 rings (SSSR count). The third-order valence-electron chi connectivity index (χ3n) is 2.29. The predicted molar refractivity (Wildman–Crippen MR) is 86.3 cm³/mol. The minimum Gasteiger partial charge on any atom is -0.288 e. The van der Waals surface area contributed by atoms with Crippen LogP contribution in [0.5, 0.6) is 0 Å². The molecule has 1 aromatic rings. The number of rotatable bonds is 4. The van der Waals surface area contributed by atoms with Crippen LogP contribution in [-0.2, 0) is 5.75 Å². The highest BCUT2D eigenvalue weighted by Gasteiger charge is 2.12. The van der Waals surface area contributed by atoms with Crippen LogP contribution in [0.2, 0.25) is 19.6 Å². The molecular formula is C15H23NSSi. The van der Waals surface area contributed by atoms with Crippen molar-refractivity contribution in [2.45, 2.75) is 30.8 Å². The summed E-state index contributed by atoms with van der Waals surface area (Å²) < 4.78 is 0. The molecule has 0 aliphatic rings. The Kier molecular flexibility index (Phi) is 6.00. The number of nitrogens with zero attached hydrogens (tertiary/aromatic N) is 1. The lowest BCUT2D eigenvalue weighted by Gasteiger charge is -2.19. The largest absolute Gasteiger partial charge is 0.288 e. The highest BCUT2D eigenvalue weighted by atomic mass is 32.2. The van der Waals surface area contributed by atoms with Gasteiger partial charge in [-0.1, -0.05) is 55.9 Å². The molecule has 0 saturated heterocycles. The van der Waals surface area contributed by atoms with Gasteiger partial charge in [0.15, 0.2) is 0 Å². The van der Waals surface area contributed by atoms with Gasteiger partial charge in [-0.2, -0.15) is 0 Å². The average Bonchev–Trinajstić information content (AvgIpc) is 2.28. The second-order valence-electron chi connectivity index (χ2n) is 5.63. The van der Waals surface area contributed by atoms with Gasteiger partial charge in [0.25, 0.3) is 0 Å². The number of hydrogen-bond acceptors (Lipinski definition) is 2. The maximum Gasteiger partial charge on any atom is 0.129 e. The van der Waals surface area contributed by atoms with E-state index in [1.165, 1.54) is 5.56 Å². The number of hydrogen-bond donors (Lipinski definition) is 0. The fraction of sp³-hybridized carbons (Fsp3) is 0.467. The molecular weight excluding hydrogens is 254 g/mol. The summed E-state index contributed by atoms with van der Waals surface area (Å²) in [6, 6.07) is 10.6. The van der Waals surface area contributed by atoms with Crippen LogP contribution in [0, 0.1) is 11.5 Å². The molecule has 1 aromatic carbocycles. The fourth-order valence-corrected chi connectivity index (χ4v) is 3.00. The molecule has 0 fully saturated rings. The van der Waals surface area contributed by atoms with Gasteiger partial charge < -0.3 is 0 Å². The van der Waals surface area contributed by atoms with E-state index < -0.39 is 8.07 Å². The molecule has 1 atom stereocenters. The average molecular weight is 278 g/mol. The van der Waals surface area contributed by atoms with Crippen LogP contribution >= 0.6 is 11.8 Å². The van der Waals surface area contributed by atoms with Crippen LogP contribution in [0.25, 0.3) is 0 Å². The first-order chi connectivity index (χ1) is 8.38. The number of thioether (sulfide) groups is 1. The standard InChI is InChI=1S/C15H23NSSi/c1-16(2)15(11-12-18(3,4)5)17-13-14-9-7-6-8-10-14/h6-10,15H,13H2,1-5H3. The van der Waals surface area contributed by atoms with E-state index >= 15 is 0 Å². The van der Waals surface area contributed by atoms with Gasteiger partial charge in [0.1, 0.15) is 13.4 Å². The maximum absolute atomic E-state index is 3.47. The molecule has 0 aromatic heterocycles. The Bertz CT molecular complexity index is 412. The van der Waals surface area contributed by atoms with Gasteiger partial charge in [0, 0.05) is 5.75 Å². The molecule has 0 saturated carbocycles. The van der Waals surface area contributed by atoms with Crippen molar-refractivity contribution in [3.8, 4) is 11.5 Å². The highest BCUT2D eigenvalue weighted by Crippen LogP contribution is 2.19. The van der Waals surface area contributed by atoms with Crippen molar-refractivity contribution in [1.82, 2.24) is 4.90 Å². The summed E-state index contributed by atoms with van der Waals surface area (Å²) in [5, 5.41) is 0.289. The zero-order valence-electron chi connectivity index (χ0n) is 12.0. The van der Waals surface area contributed by atoms with E-state index in [1.807, 2.05) is 11.8 Å². The van der Waals surface area contributed by atoms with E-state index in [2.05, 4.69) is 80.4 Å². The van der Waals surface area contributed by atoms with Gasteiger partial charge in [-0.3, -0.25) is 4.90 Å². The SMILES string of the molecule is CN(C)C(C#C[Si](C)(C)C)SCc1ccccc1. The van der Waals surface area contributed by atoms with Crippen molar-refractivity contribution < 1.29 is 0 Å². The fourth-order valence-electron chi connectivity index (χ4n) is 1.35. The van der Waals surface area contributed by atoms with Crippen LogP contribution in [0.3, 0.4) is 0 Å². The molecule has 18 heavy (non-hydrogen) atoms. The van der Waals surface area contributed by atoms with E-state index in [0.29, 0.717) is 0 Å². The predicted octanol–water partition coefficient (Wildman–Crippen LogP) is 3.69. The Morgan fingerprint density at radius 3 is 2.28 bits per heavy atom. The number of benzene rings is 1. The quantitative estimate of drug-likeness (QED) is 0.469. The lowest BCUT2D eigenvalue weighted by molar-refractivity contribution is 0.435. The zero-order chi connectivity index (χ0) is 13.6. The summed E-state index contributed by atoms with van der Waals surface area (Å²) in [7, 11) is 2.92. The summed E-state index contributed by atoms with van der Waals surface area (Å²) >= 11 is 1.90. The lowest BCUT2D eigenvalue weighted by Crippen LogP contribution is -2.25. The van der Waals surface area contributed by atoms with E-state index in [9.17, 15) is 0 Å². The van der Waals surface area contributed by atoms with E-state index in [-0.39, 0.29) is 5.37 Å². The van der Waals surface area contributed by atoms with Gasteiger partial charge in [-0.15, -0.1) is 17.3 Å². The molecule has 98 valence electrons. The monoisotopic (exact) mass is 277 g/mol. The van der Waals surface area contributed by atoms with Gasteiger partial charge in [-0.05, 0) is 19.7 Å². The summed E-state index contributed by atoms with van der Waals surface area (Å²) in [6.07, 6.45) is 0. The smallest absolute Gasteiger partial charge is 0.129 e. The maximum atomic E-state index is 3.47. The van der Waals surface area contributed by atoms with Crippen LogP contribution in [-0.4, -0.2) is 32.4 Å². The molecule has 1 nitrogen and oxygen atoms in total. The van der Waals surface area contributed by atoms with E-state index in [4.69, 9.17) is 0 Å². The molecule has 0 radical (unpaired) electrons. The van der Waals surface area contributed by atoms with Gasteiger partial charge in [0.2, 0.25) is 0 Å². The lowest BCUT2D eigenvalue weighted by atomic mass is 10.2. The van der Waals surface area contributed by atoms with Crippen LogP contribution < -0.4 is 0 Å². The Balaban J connectivity index is 2.61. The topological polar surface area (TPSA) is 3.24 Å². The second-order valence-corrected chi connectivity index (χ2v) is 11.5. The minimum atomic E-state index is -1.28. The van der Waals surface area contributed by atoms with Crippen LogP contribution in [0.4, 0.5) is 0 Å². The van der Waals surface area contributed by atoms with Gasteiger partial charge in [-0.25, -0.2) is 0 Å². The Hall–Kier alpha value is -0.693. The third-order valence-corrected chi connectivity index (χ3v) is 4.54. The molecule has 0 N–H and O–H groups in total. The summed E-state index contributed by atoms with van der Waals surface area (Å²) in [5.41, 5.74) is 4.83. The molecule has 0 amide bonds. The van der Waals surface area contributed by atoms with Crippen molar-refractivity contribution in [2.24, 2.45) is 0 Å². The first-order valence-corrected chi connectivity index (χ1v) is 10.8. The molecule has 0 aliphatic heterocycles. The highest BCUT2D eigenvalue weighted by molar-refractivity contribution is 7.99. The van der Waals surface area contributed by atoms with Crippen molar-refractivity contribution >= 4 is 19.8 Å². The Morgan fingerprint density at radius 1 is 1.17 bits per heavy atom. The van der Waals surface area contributed by atoms with Crippen molar-refractivity contribution in [2.75, 3.05) is 14.1 Å². The molecule has 0 spiro atoms. The Morgan fingerprint density at radius 2 is 1.78 bits per heavy atom. The van der Waals surface area contributed by atoms with Crippen LogP contribution in [0.15, 0.2) is 30.3 Å².